The number of nitrogens with zero attached hydrogens (tertiary/aromatic N) is 1. The Labute approximate surface area is 134 Å². The van der Waals surface area contributed by atoms with Crippen LogP contribution in [0.2, 0.25) is 0 Å². The zero-order valence-corrected chi connectivity index (χ0v) is 13.4. The van der Waals surface area contributed by atoms with Crippen LogP contribution in [0.1, 0.15) is 50.5 Å². The molecule has 0 unspecified atom stereocenters. The first-order chi connectivity index (χ1) is 10.8. The first-order valence-electron chi connectivity index (χ1n) is 8.79. The van der Waals surface area contributed by atoms with Crippen molar-refractivity contribution in [3.63, 3.8) is 0 Å². The maximum Gasteiger partial charge on any atom is 0.153 e. The van der Waals surface area contributed by atoms with Crippen LogP contribution in [0.3, 0.4) is 0 Å². The molecule has 1 aliphatic carbocycles. The molecule has 118 valence electrons. The summed E-state index contributed by atoms with van der Waals surface area (Å²) < 4.78 is 0. The lowest BCUT2D eigenvalue weighted by Crippen LogP contribution is -2.33. The van der Waals surface area contributed by atoms with Crippen LogP contribution in [0.5, 0.6) is 0 Å². The molecule has 0 amide bonds. The molecule has 2 heteroatoms. The summed E-state index contributed by atoms with van der Waals surface area (Å²) >= 11 is 0. The summed E-state index contributed by atoms with van der Waals surface area (Å²) in [6.45, 7) is 3.10. The predicted octanol–water partition coefficient (Wildman–Crippen LogP) is 3.55. The van der Waals surface area contributed by atoms with E-state index in [2.05, 4.69) is 16.7 Å². The van der Waals surface area contributed by atoms with E-state index in [1.165, 1.54) is 32.1 Å². The van der Waals surface area contributed by atoms with Crippen molar-refractivity contribution in [3.8, 4) is 11.8 Å². The summed E-state index contributed by atoms with van der Waals surface area (Å²) in [7, 11) is 0. The van der Waals surface area contributed by atoms with Crippen LogP contribution in [0.4, 0.5) is 0 Å². The first kappa shape index (κ1) is 15.6. The highest BCUT2D eigenvalue weighted by molar-refractivity contribution is 5.33. The SMILES string of the molecule is O[C@@](C#CCN1CCCCC1)(c1ccccc1)C1CCCC1. The van der Waals surface area contributed by atoms with Gasteiger partial charge < -0.3 is 5.11 Å². The molecule has 22 heavy (non-hydrogen) atoms. The van der Waals surface area contributed by atoms with E-state index in [9.17, 15) is 5.11 Å². The minimum Gasteiger partial charge on any atom is -0.373 e. The lowest BCUT2D eigenvalue weighted by molar-refractivity contribution is 0.0367. The van der Waals surface area contributed by atoms with Crippen LogP contribution in [0.25, 0.3) is 0 Å². The second kappa shape index (κ2) is 7.31. The van der Waals surface area contributed by atoms with Gasteiger partial charge in [-0.3, -0.25) is 4.90 Å². The number of hydrogen-bond acceptors (Lipinski definition) is 2. The molecule has 1 saturated heterocycles. The molecule has 0 radical (unpaired) electrons. The van der Waals surface area contributed by atoms with E-state index in [-0.39, 0.29) is 5.92 Å². The smallest absolute Gasteiger partial charge is 0.153 e. The molecule has 0 spiro atoms. The molecule has 1 atom stereocenters. The highest BCUT2D eigenvalue weighted by atomic mass is 16.3. The van der Waals surface area contributed by atoms with Crippen LogP contribution < -0.4 is 0 Å². The molecule has 2 aliphatic rings. The van der Waals surface area contributed by atoms with Gasteiger partial charge in [0.25, 0.3) is 0 Å². The zero-order chi connectivity index (χ0) is 15.3. The van der Waals surface area contributed by atoms with Gasteiger partial charge in [0.15, 0.2) is 5.60 Å². The third-order valence-electron chi connectivity index (χ3n) is 5.19. The van der Waals surface area contributed by atoms with Crippen molar-refractivity contribution >= 4 is 0 Å². The van der Waals surface area contributed by atoms with Crippen LogP contribution >= 0.6 is 0 Å². The molecule has 0 bridgehead atoms. The Hall–Kier alpha value is -1.30. The normalized spacial score (nSPS) is 22.8. The number of likely N-dealkylation sites (tertiary alicyclic amines) is 1. The topological polar surface area (TPSA) is 23.5 Å². The third-order valence-corrected chi connectivity index (χ3v) is 5.19. The average Bonchev–Trinajstić information content (AvgIpc) is 3.12. The van der Waals surface area contributed by atoms with Crippen molar-refractivity contribution < 1.29 is 5.11 Å². The summed E-state index contributed by atoms with van der Waals surface area (Å²) in [5.74, 6) is 6.84. The van der Waals surface area contributed by atoms with Gasteiger partial charge in [0.05, 0.1) is 6.54 Å². The highest BCUT2D eigenvalue weighted by Crippen LogP contribution is 2.40. The summed E-state index contributed by atoms with van der Waals surface area (Å²) in [4.78, 5) is 2.41. The Kier molecular flexibility index (Phi) is 5.18. The first-order valence-corrected chi connectivity index (χ1v) is 8.79. The lowest BCUT2D eigenvalue weighted by Gasteiger charge is -2.30. The Bertz CT molecular complexity index is 518. The largest absolute Gasteiger partial charge is 0.373 e. The molecule has 1 N–H and O–H groups in total. The lowest BCUT2D eigenvalue weighted by atomic mass is 9.80. The number of hydrogen-bond donors (Lipinski definition) is 1. The van der Waals surface area contributed by atoms with Crippen molar-refractivity contribution in [1.29, 1.82) is 0 Å². The van der Waals surface area contributed by atoms with Gasteiger partial charge in [0.1, 0.15) is 0 Å². The number of piperidine rings is 1. The Morgan fingerprint density at radius 2 is 1.68 bits per heavy atom. The monoisotopic (exact) mass is 297 g/mol. The van der Waals surface area contributed by atoms with Gasteiger partial charge in [-0.25, -0.2) is 0 Å². The van der Waals surface area contributed by atoms with Crippen molar-refractivity contribution in [2.24, 2.45) is 5.92 Å². The van der Waals surface area contributed by atoms with E-state index in [4.69, 9.17) is 0 Å². The van der Waals surface area contributed by atoms with Crippen molar-refractivity contribution in [1.82, 2.24) is 4.90 Å². The maximum absolute atomic E-state index is 11.3. The van der Waals surface area contributed by atoms with E-state index in [0.29, 0.717) is 0 Å². The number of benzene rings is 1. The summed E-state index contributed by atoms with van der Waals surface area (Å²) in [5.41, 5.74) is 0.00105. The highest BCUT2D eigenvalue weighted by Gasteiger charge is 2.38. The van der Waals surface area contributed by atoms with Crippen molar-refractivity contribution in [3.05, 3.63) is 35.9 Å². The third kappa shape index (κ3) is 3.54. The van der Waals surface area contributed by atoms with E-state index in [0.717, 1.165) is 38.0 Å². The fraction of sp³-hybridized carbons (Fsp3) is 0.600. The molecule has 1 aromatic carbocycles. The minimum atomic E-state index is -0.965. The zero-order valence-electron chi connectivity index (χ0n) is 13.4. The molecule has 1 heterocycles. The van der Waals surface area contributed by atoms with Gasteiger partial charge in [-0.15, -0.1) is 0 Å². The standard InChI is InChI=1S/C20H27NO/c22-20(19-12-5-6-13-19,18-10-3-1-4-11-18)14-9-17-21-15-7-2-8-16-21/h1,3-4,10-11,19,22H,2,5-8,12-13,15-17H2/t20-/m0/s1. The molecule has 1 saturated carbocycles. The van der Waals surface area contributed by atoms with E-state index < -0.39 is 5.60 Å². The van der Waals surface area contributed by atoms with Crippen LogP contribution in [0.15, 0.2) is 30.3 Å². The molecule has 1 aromatic rings. The van der Waals surface area contributed by atoms with Crippen LogP contribution in [-0.4, -0.2) is 29.6 Å². The van der Waals surface area contributed by atoms with Gasteiger partial charge >= 0.3 is 0 Å². The van der Waals surface area contributed by atoms with Gasteiger partial charge in [0, 0.05) is 5.92 Å². The van der Waals surface area contributed by atoms with E-state index >= 15 is 0 Å². The maximum atomic E-state index is 11.3. The van der Waals surface area contributed by atoms with Gasteiger partial charge in [-0.05, 0) is 44.3 Å². The number of aliphatic hydroxyl groups is 1. The van der Waals surface area contributed by atoms with Crippen molar-refractivity contribution in [2.75, 3.05) is 19.6 Å². The van der Waals surface area contributed by atoms with Crippen LogP contribution in [0, 0.1) is 17.8 Å². The molecule has 2 fully saturated rings. The summed E-state index contributed by atoms with van der Waals surface area (Å²) in [5, 5.41) is 11.3. The van der Waals surface area contributed by atoms with Gasteiger partial charge in [-0.1, -0.05) is 61.4 Å². The minimum absolute atomic E-state index is 0.281. The van der Waals surface area contributed by atoms with Gasteiger partial charge in [-0.2, -0.15) is 0 Å². The second-order valence-corrected chi connectivity index (χ2v) is 6.75. The Balaban J connectivity index is 1.77. The molecule has 0 aromatic heterocycles. The fourth-order valence-corrected chi connectivity index (χ4v) is 3.85. The van der Waals surface area contributed by atoms with Gasteiger partial charge in [0.2, 0.25) is 0 Å². The summed E-state index contributed by atoms with van der Waals surface area (Å²) in [6.07, 6.45) is 8.52. The average molecular weight is 297 g/mol. The van der Waals surface area contributed by atoms with Crippen molar-refractivity contribution in [2.45, 2.75) is 50.5 Å². The molecular weight excluding hydrogens is 270 g/mol. The summed E-state index contributed by atoms with van der Waals surface area (Å²) in [6, 6.07) is 10.0. The van der Waals surface area contributed by atoms with E-state index in [1.807, 2.05) is 30.3 Å². The van der Waals surface area contributed by atoms with E-state index in [1.54, 1.807) is 0 Å². The Morgan fingerprint density at radius 1 is 1.00 bits per heavy atom. The quantitative estimate of drug-likeness (QED) is 0.862. The second-order valence-electron chi connectivity index (χ2n) is 6.75. The number of rotatable bonds is 3. The molecular formula is C20H27NO. The fourth-order valence-electron chi connectivity index (χ4n) is 3.85. The predicted molar refractivity (Wildman–Crippen MR) is 90.4 cm³/mol. The molecule has 3 rings (SSSR count). The van der Waals surface area contributed by atoms with Crippen LogP contribution in [-0.2, 0) is 5.60 Å². The Morgan fingerprint density at radius 3 is 2.36 bits per heavy atom. The molecule has 2 nitrogen and oxygen atoms in total. The molecule has 1 aliphatic heterocycles.